The Hall–Kier alpha value is -1.32. The third kappa shape index (κ3) is 3.37. The Labute approximate surface area is 119 Å². The van der Waals surface area contributed by atoms with Crippen molar-refractivity contribution in [2.24, 2.45) is 0 Å². The minimum atomic E-state index is 0.856. The van der Waals surface area contributed by atoms with Gasteiger partial charge in [0.25, 0.3) is 0 Å². The minimum absolute atomic E-state index is 0.856. The van der Waals surface area contributed by atoms with Crippen molar-refractivity contribution in [1.29, 1.82) is 0 Å². The number of rotatable bonds is 6. The molecule has 19 heavy (non-hydrogen) atoms. The lowest BCUT2D eigenvalue weighted by Gasteiger charge is -2.11. The Balaban J connectivity index is 2.27. The average Bonchev–Trinajstić information content (AvgIpc) is 2.85. The molecule has 1 aromatic heterocycles. The molecular formula is C16H21NOS. The van der Waals surface area contributed by atoms with Crippen molar-refractivity contribution in [2.45, 2.75) is 26.8 Å². The first-order valence-corrected chi connectivity index (χ1v) is 7.56. The molecule has 0 aliphatic rings. The number of aryl methyl sites for hydroxylation is 1. The van der Waals surface area contributed by atoms with Crippen LogP contribution in [0.1, 0.15) is 24.5 Å². The summed E-state index contributed by atoms with van der Waals surface area (Å²) < 4.78 is 5.44. The summed E-state index contributed by atoms with van der Waals surface area (Å²) in [5.74, 6) is 0.960. The third-order valence-electron chi connectivity index (χ3n) is 3.15. The Morgan fingerprint density at radius 3 is 2.74 bits per heavy atom. The lowest BCUT2D eigenvalue weighted by Crippen LogP contribution is -2.14. The molecule has 1 heterocycles. The molecule has 2 aromatic rings. The minimum Gasteiger partial charge on any atom is -0.496 e. The molecular weight excluding hydrogens is 254 g/mol. The van der Waals surface area contributed by atoms with Crippen LogP contribution in [-0.4, -0.2) is 13.7 Å². The van der Waals surface area contributed by atoms with Crippen LogP contribution in [0, 0.1) is 6.92 Å². The molecule has 0 spiro atoms. The highest BCUT2D eigenvalue weighted by Gasteiger charge is 2.08. The average molecular weight is 275 g/mol. The summed E-state index contributed by atoms with van der Waals surface area (Å²) in [6, 6.07) is 8.61. The van der Waals surface area contributed by atoms with Crippen LogP contribution in [-0.2, 0) is 6.54 Å². The van der Waals surface area contributed by atoms with Gasteiger partial charge in [-0.05, 0) is 60.7 Å². The maximum absolute atomic E-state index is 5.44. The zero-order chi connectivity index (χ0) is 13.7. The van der Waals surface area contributed by atoms with Crippen molar-refractivity contribution in [2.75, 3.05) is 13.7 Å². The lowest BCUT2D eigenvalue weighted by atomic mass is 10.1. The van der Waals surface area contributed by atoms with Gasteiger partial charge in [-0.3, -0.25) is 0 Å². The molecule has 0 aliphatic carbocycles. The quantitative estimate of drug-likeness (QED) is 0.797. The molecule has 0 radical (unpaired) electrons. The number of benzene rings is 1. The van der Waals surface area contributed by atoms with Crippen LogP contribution >= 0.6 is 11.3 Å². The van der Waals surface area contributed by atoms with Gasteiger partial charge in [-0.2, -0.15) is 0 Å². The van der Waals surface area contributed by atoms with Gasteiger partial charge >= 0.3 is 0 Å². The van der Waals surface area contributed by atoms with E-state index in [-0.39, 0.29) is 0 Å². The Bertz CT molecular complexity index is 533. The molecule has 0 aliphatic heterocycles. The summed E-state index contributed by atoms with van der Waals surface area (Å²) >= 11 is 1.79. The largest absolute Gasteiger partial charge is 0.496 e. The summed E-state index contributed by atoms with van der Waals surface area (Å²) in [6.45, 7) is 6.22. The fourth-order valence-electron chi connectivity index (χ4n) is 2.13. The molecule has 0 unspecified atom stereocenters. The summed E-state index contributed by atoms with van der Waals surface area (Å²) in [5.41, 5.74) is 3.84. The first-order chi connectivity index (χ1) is 9.26. The molecule has 102 valence electrons. The van der Waals surface area contributed by atoms with Crippen molar-refractivity contribution in [1.82, 2.24) is 5.32 Å². The van der Waals surface area contributed by atoms with Gasteiger partial charge in [-0.1, -0.05) is 6.92 Å². The molecule has 1 N–H and O–H groups in total. The van der Waals surface area contributed by atoms with Crippen LogP contribution in [0.5, 0.6) is 5.75 Å². The highest BCUT2D eigenvalue weighted by Crippen LogP contribution is 2.32. The van der Waals surface area contributed by atoms with Gasteiger partial charge in [0.05, 0.1) is 7.11 Å². The van der Waals surface area contributed by atoms with Gasteiger partial charge in [-0.25, -0.2) is 0 Å². The summed E-state index contributed by atoms with van der Waals surface area (Å²) in [6.07, 6.45) is 1.14. The molecule has 0 atom stereocenters. The highest BCUT2D eigenvalue weighted by molar-refractivity contribution is 7.13. The fraction of sp³-hybridized carbons (Fsp3) is 0.375. The second-order valence-electron chi connectivity index (χ2n) is 4.64. The predicted molar refractivity (Wildman–Crippen MR) is 83.0 cm³/mol. The van der Waals surface area contributed by atoms with E-state index in [1.54, 1.807) is 18.4 Å². The number of hydrogen-bond donors (Lipinski definition) is 1. The molecule has 0 fully saturated rings. The van der Waals surface area contributed by atoms with E-state index in [2.05, 4.69) is 48.8 Å². The zero-order valence-electron chi connectivity index (χ0n) is 11.8. The van der Waals surface area contributed by atoms with E-state index in [1.807, 2.05) is 0 Å². The fourth-order valence-corrected chi connectivity index (χ4v) is 3.05. The van der Waals surface area contributed by atoms with Crippen molar-refractivity contribution in [3.05, 3.63) is 40.8 Å². The molecule has 2 nitrogen and oxygen atoms in total. The van der Waals surface area contributed by atoms with Crippen LogP contribution in [0.25, 0.3) is 10.4 Å². The van der Waals surface area contributed by atoms with E-state index < -0.39 is 0 Å². The topological polar surface area (TPSA) is 21.3 Å². The van der Waals surface area contributed by atoms with Crippen molar-refractivity contribution in [3.63, 3.8) is 0 Å². The van der Waals surface area contributed by atoms with Gasteiger partial charge in [-0.15, -0.1) is 11.3 Å². The third-order valence-corrected chi connectivity index (χ3v) is 4.21. The maximum atomic E-state index is 5.44. The normalized spacial score (nSPS) is 10.7. The van der Waals surface area contributed by atoms with Crippen LogP contribution < -0.4 is 10.1 Å². The Morgan fingerprint density at radius 1 is 1.26 bits per heavy atom. The van der Waals surface area contributed by atoms with Crippen LogP contribution in [0.2, 0.25) is 0 Å². The number of nitrogens with one attached hydrogen (secondary N) is 1. The number of thiophene rings is 1. The van der Waals surface area contributed by atoms with Crippen LogP contribution in [0.3, 0.4) is 0 Å². The number of methoxy groups -OCH3 is 1. The maximum Gasteiger partial charge on any atom is 0.123 e. The zero-order valence-corrected chi connectivity index (χ0v) is 12.6. The molecule has 3 heteroatoms. The standard InChI is InChI=1S/C16H21NOS/c1-4-8-17-11-14-10-13(5-6-15(14)18-3)16-12(2)7-9-19-16/h5-7,9-10,17H,4,8,11H2,1-3H3. The van der Waals surface area contributed by atoms with E-state index in [9.17, 15) is 0 Å². The van der Waals surface area contributed by atoms with E-state index in [0.717, 1.165) is 25.3 Å². The Kier molecular flexibility index (Phi) is 5.00. The van der Waals surface area contributed by atoms with Gasteiger partial charge in [0.1, 0.15) is 5.75 Å². The number of ether oxygens (including phenoxy) is 1. The molecule has 0 amide bonds. The molecule has 2 rings (SSSR count). The highest BCUT2D eigenvalue weighted by atomic mass is 32.1. The van der Waals surface area contributed by atoms with Crippen LogP contribution in [0.15, 0.2) is 29.6 Å². The van der Waals surface area contributed by atoms with Crippen molar-refractivity contribution < 1.29 is 4.74 Å². The van der Waals surface area contributed by atoms with E-state index >= 15 is 0 Å². The SMILES string of the molecule is CCCNCc1cc(-c2sccc2C)ccc1OC. The first kappa shape index (κ1) is 14.1. The molecule has 0 saturated carbocycles. The van der Waals surface area contributed by atoms with Crippen LogP contribution in [0.4, 0.5) is 0 Å². The summed E-state index contributed by atoms with van der Waals surface area (Å²) in [4.78, 5) is 1.35. The Morgan fingerprint density at radius 2 is 2.11 bits per heavy atom. The lowest BCUT2D eigenvalue weighted by molar-refractivity contribution is 0.408. The second kappa shape index (κ2) is 6.73. The molecule has 0 bridgehead atoms. The van der Waals surface area contributed by atoms with Gasteiger partial charge in [0.2, 0.25) is 0 Å². The monoisotopic (exact) mass is 275 g/mol. The molecule has 1 aromatic carbocycles. The van der Waals surface area contributed by atoms with E-state index in [4.69, 9.17) is 4.74 Å². The second-order valence-corrected chi connectivity index (χ2v) is 5.55. The smallest absolute Gasteiger partial charge is 0.123 e. The van der Waals surface area contributed by atoms with Gasteiger partial charge < -0.3 is 10.1 Å². The van der Waals surface area contributed by atoms with Gasteiger partial charge in [0.15, 0.2) is 0 Å². The summed E-state index contributed by atoms with van der Waals surface area (Å²) in [7, 11) is 1.73. The molecule has 0 saturated heterocycles. The first-order valence-electron chi connectivity index (χ1n) is 6.68. The summed E-state index contributed by atoms with van der Waals surface area (Å²) in [5, 5.41) is 5.58. The van der Waals surface area contributed by atoms with Crippen molar-refractivity contribution in [3.8, 4) is 16.2 Å². The number of hydrogen-bond acceptors (Lipinski definition) is 3. The predicted octanol–water partition coefficient (Wildman–Crippen LogP) is 4.23. The van der Waals surface area contributed by atoms with E-state index in [1.165, 1.54) is 21.6 Å². The van der Waals surface area contributed by atoms with E-state index in [0.29, 0.717) is 0 Å². The van der Waals surface area contributed by atoms with Gasteiger partial charge in [0, 0.05) is 17.0 Å². The van der Waals surface area contributed by atoms with Crippen molar-refractivity contribution >= 4 is 11.3 Å².